The Hall–Kier alpha value is -2.11. The van der Waals surface area contributed by atoms with Gasteiger partial charge in [0.15, 0.2) is 5.43 Å². The molecule has 6 nitrogen and oxygen atoms in total. The monoisotopic (exact) mass is 317 g/mol. The van der Waals surface area contributed by atoms with Gasteiger partial charge in [-0.3, -0.25) is 14.4 Å². The molecule has 0 bridgehead atoms. The maximum absolute atomic E-state index is 12.5. The number of H-pyrrole nitrogens is 1. The van der Waals surface area contributed by atoms with Crippen LogP contribution in [0.15, 0.2) is 17.2 Å². The van der Waals surface area contributed by atoms with Crippen molar-refractivity contribution in [3.05, 3.63) is 33.7 Å². The van der Waals surface area contributed by atoms with Crippen LogP contribution in [-0.2, 0) is 4.79 Å². The smallest absolute Gasteiger partial charge is 0.259 e. The zero-order chi connectivity index (χ0) is 16.8. The van der Waals surface area contributed by atoms with Gasteiger partial charge in [0.2, 0.25) is 5.91 Å². The Balaban J connectivity index is 1.65. The second-order valence-corrected chi connectivity index (χ2v) is 7.18. The van der Waals surface area contributed by atoms with Crippen molar-refractivity contribution >= 4 is 11.8 Å². The molecule has 1 unspecified atom stereocenters. The number of aromatic amines is 1. The maximum atomic E-state index is 12.5. The molecule has 6 heteroatoms. The summed E-state index contributed by atoms with van der Waals surface area (Å²) in [6.45, 7) is 6.89. The zero-order valence-corrected chi connectivity index (χ0v) is 13.8. The van der Waals surface area contributed by atoms with Gasteiger partial charge in [0.05, 0.1) is 5.41 Å². The summed E-state index contributed by atoms with van der Waals surface area (Å²) in [5, 5.41) is 3.00. The fourth-order valence-electron chi connectivity index (χ4n) is 3.64. The predicted octanol–water partition coefficient (Wildman–Crippen LogP) is 1.06. The highest BCUT2D eigenvalue weighted by atomic mass is 16.2. The zero-order valence-electron chi connectivity index (χ0n) is 13.8. The summed E-state index contributed by atoms with van der Waals surface area (Å²) in [4.78, 5) is 40.9. The number of piperidine rings is 1. The third kappa shape index (κ3) is 2.56. The number of amides is 2. The van der Waals surface area contributed by atoms with Gasteiger partial charge in [-0.1, -0.05) is 0 Å². The van der Waals surface area contributed by atoms with E-state index in [1.54, 1.807) is 18.0 Å². The minimum Gasteiger partial charge on any atom is -0.366 e. The summed E-state index contributed by atoms with van der Waals surface area (Å²) in [5.41, 5.74) is 0.235. The predicted molar refractivity (Wildman–Crippen MR) is 86.1 cm³/mol. The number of nitrogens with one attached hydrogen (secondary N) is 2. The van der Waals surface area contributed by atoms with E-state index in [0.717, 1.165) is 12.8 Å². The van der Waals surface area contributed by atoms with E-state index in [1.807, 2.05) is 13.8 Å². The number of hydrogen-bond donors (Lipinski definition) is 2. The molecule has 2 amide bonds. The maximum Gasteiger partial charge on any atom is 0.259 e. The molecule has 1 atom stereocenters. The molecule has 0 aromatic carbocycles. The van der Waals surface area contributed by atoms with E-state index in [9.17, 15) is 14.4 Å². The third-order valence-corrected chi connectivity index (χ3v) is 5.31. The van der Waals surface area contributed by atoms with Crippen LogP contribution in [0.2, 0.25) is 0 Å². The van der Waals surface area contributed by atoms with Crippen LogP contribution in [0.4, 0.5) is 0 Å². The number of carbonyl (C=O) groups excluding carboxylic acids is 2. The lowest BCUT2D eigenvalue weighted by molar-refractivity contribution is -0.146. The van der Waals surface area contributed by atoms with Gasteiger partial charge in [-0.2, -0.15) is 0 Å². The molecule has 0 aliphatic carbocycles. The SMILES string of the molecule is Cc1c[nH]cc(C(=O)N2CCC(C3NC(=O)C3(C)C)CC2)c1=O. The fourth-order valence-corrected chi connectivity index (χ4v) is 3.64. The number of β-lactam (4-membered cyclic amide) rings is 1. The topological polar surface area (TPSA) is 82.3 Å². The molecule has 2 fully saturated rings. The summed E-state index contributed by atoms with van der Waals surface area (Å²) in [6, 6.07) is 0.189. The standard InChI is InChI=1S/C17H23N3O3/c1-10-8-18-9-12(13(10)21)15(22)20-6-4-11(5-7-20)14-17(2,3)16(23)19-14/h8-9,11,14H,4-7H2,1-3H3,(H,18,21)(H,19,23). The molecule has 124 valence electrons. The lowest BCUT2D eigenvalue weighted by atomic mass is 9.68. The quantitative estimate of drug-likeness (QED) is 0.800. The normalized spacial score (nSPS) is 24.0. The molecule has 23 heavy (non-hydrogen) atoms. The van der Waals surface area contributed by atoms with Gasteiger partial charge < -0.3 is 15.2 Å². The van der Waals surface area contributed by atoms with Crippen molar-refractivity contribution in [1.29, 1.82) is 0 Å². The Morgan fingerprint density at radius 1 is 1.22 bits per heavy atom. The van der Waals surface area contributed by atoms with Crippen molar-refractivity contribution in [2.45, 2.75) is 39.7 Å². The van der Waals surface area contributed by atoms with E-state index in [4.69, 9.17) is 0 Å². The Morgan fingerprint density at radius 2 is 1.87 bits per heavy atom. The van der Waals surface area contributed by atoms with E-state index in [1.165, 1.54) is 6.20 Å². The van der Waals surface area contributed by atoms with Crippen LogP contribution in [0.25, 0.3) is 0 Å². The molecule has 2 aliphatic rings. The molecule has 3 heterocycles. The average molecular weight is 317 g/mol. The van der Waals surface area contributed by atoms with Crippen molar-refractivity contribution in [2.75, 3.05) is 13.1 Å². The van der Waals surface area contributed by atoms with Crippen molar-refractivity contribution in [3.63, 3.8) is 0 Å². The number of rotatable bonds is 2. The van der Waals surface area contributed by atoms with Crippen molar-refractivity contribution < 1.29 is 9.59 Å². The first-order valence-corrected chi connectivity index (χ1v) is 8.10. The number of nitrogens with zero attached hydrogens (tertiary/aromatic N) is 1. The van der Waals surface area contributed by atoms with Crippen molar-refractivity contribution in [2.24, 2.45) is 11.3 Å². The van der Waals surface area contributed by atoms with Gasteiger partial charge in [0, 0.05) is 37.1 Å². The van der Waals surface area contributed by atoms with Crippen LogP contribution in [-0.4, -0.2) is 40.8 Å². The van der Waals surface area contributed by atoms with Crippen molar-refractivity contribution in [3.8, 4) is 0 Å². The van der Waals surface area contributed by atoms with E-state index in [2.05, 4.69) is 10.3 Å². The summed E-state index contributed by atoms with van der Waals surface area (Å²) in [5.74, 6) is 0.292. The van der Waals surface area contributed by atoms with Crippen LogP contribution in [0, 0.1) is 18.3 Å². The van der Waals surface area contributed by atoms with Gasteiger partial charge in [-0.15, -0.1) is 0 Å². The molecular weight excluding hydrogens is 294 g/mol. The molecular formula is C17H23N3O3. The molecule has 1 aromatic rings. The van der Waals surface area contributed by atoms with Crippen LogP contribution in [0.5, 0.6) is 0 Å². The summed E-state index contributed by atoms with van der Waals surface area (Å²) in [6.07, 6.45) is 4.79. The number of carbonyl (C=O) groups is 2. The first-order chi connectivity index (χ1) is 10.8. The second-order valence-electron chi connectivity index (χ2n) is 7.18. The molecule has 2 N–H and O–H groups in total. The highest BCUT2D eigenvalue weighted by Gasteiger charge is 2.51. The first-order valence-electron chi connectivity index (χ1n) is 8.10. The molecule has 0 radical (unpaired) electrons. The van der Waals surface area contributed by atoms with Gasteiger partial charge in [-0.25, -0.2) is 0 Å². The number of pyridine rings is 1. The van der Waals surface area contributed by atoms with E-state index in [-0.39, 0.29) is 34.3 Å². The van der Waals surface area contributed by atoms with Crippen LogP contribution >= 0.6 is 0 Å². The average Bonchev–Trinajstić information content (AvgIpc) is 2.54. The molecule has 0 saturated carbocycles. The molecule has 2 aliphatic heterocycles. The summed E-state index contributed by atoms with van der Waals surface area (Å²) >= 11 is 0. The van der Waals surface area contributed by atoms with E-state index < -0.39 is 0 Å². The molecule has 3 rings (SSSR count). The Bertz CT molecular complexity index is 699. The Morgan fingerprint density at radius 3 is 2.43 bits per heavy atom. The van der Waals surface area contributed by atoms with Crippen LogP contribution in [0.1, 0.15) is 42.6 Å². The van der Waals surface area contributed by atoms with Gasteiger partial charge in [0.25, 0.3) is 5.91 Å². The number of aryl methyl sites for hydroxylation is 1. The van der Waals surface area contributed by atoms with E-state index >= 15 is 0 Å². The lowest BCUT2D eigenvalue weighted by Gasteiger charge is -2.50. The molecule has 1 aromatic heterocycles. The van der Waals surface area contributed by atoms with Gasteiger partial charge >= 0.3 is 0 Å². The fraction of sp³-hybridized carbons (Fsp3) is 0.588. The Kier molecular flexibility index (Phi) is 3.78. The first kappa shape index (κ1) is 15.8. The van der Waals surface area contributed by atoms with Crippen LogP contribution < -0.4 is 10.7 Å². The number of likely N-dealkylation sites (tertiary alicyclic amines) is 1. The number of hydrogen-bond acceptors (Lipinski definition) is 3. The minimum atomic E-state index is -0.315. The van der Waals surface area contributed by atoms with E-state index in [0.29, 0.717) is 24.6 Å². The van der Waals surface area contributed by atoms with Gasteiger partial charge in [-0.05, 0) is 39.5 Å². The highest BCUT2D eigenvalue weighted by molar-refractivity contribution is 5.94. The third-order valence-electron chi connectivity index (χ3n) is 5.31. The largest absolute Gasteiger partial charge is 0.366 e. The minimum absolute atomic E-state index is 0.104. The summed E-state index contributed by atoms with van der Waals surface area (Å²) < 4.78 is 0. The lowest BCUT2D eigenvalue weighted by Crippen LogP contribution is -2.68. The summed E-state index contributed by atoms with van der Waals surface area (Å²) in [7, 11) is 0. The molecule has 2 saturated heterocycles. The Labute approximate surface area is 135 Å². The molecule has 0 spiro atoms. The van der Waals surface area contributed by atoms with Crippen molar-refractivity contribution in [1.82, 2.24) is 15.2 Å². The van der Waals surface area contributed by atoms with Gasteiger partial charge in [0.1, 0.15) is 5.56 Å². The van der Waals surface area contributed by atoms with Crippen LogP contribution in [0.3, 0.4) is 0 Å². The number of aromatic nitrogens is 1. The highest BCUT2D eigenvalue weighted by Crippen LogP contribution is 2.38. The second kappa shape index (κ2) is 5.51.